The van der Waals surface area contributed by atoms with Crippen LogP contribution in [0.2, 0.25) is 0 Å². The van der Waals surface area contributed by atoms with Crippen molar-refractivity contribution < 1.29 is 14.3 Å². The fourth-order valence-electron chi connectivity index (χ4n) is 1.90. The van der Waals surface area contributed by atoms with Gasteiger partial charge in [-0.3, -0.25) is 9.59 Å². The average Bonchev–Trinajstić information content (AvgIpc) is 3.03. The lowest BCUT2D eigenvalue weighted by Gasteiger charge is -2.18. The topological polar surface area (TPSA) is 77.3 Å². The van der Waals surface area contributed by atoms with Gasteiger partial charge in [0.2, 0.25) is 0 Å². The van der Waals surface area contributed by atoms with Gasteiger partial charge in [-0.2, -0.15) is 9.90 Å². The Morgan fingerprint density at radius 3 is 2.59 bits per heavy atom. The van der Waals surface area contributed by atoms with E-state index in [-0.39, 0.29) is 24.8 Å². The van der Waals surface area contributed by atoms with Crippen LogP contribution in [0.15, 0.2) is 36.5 Å². The molecule has 0 fully saturated rings. The molecule has 22 heavy (non-hydrogen) atoms. The minimum absolute atomic E-state index is 0.0959. The summed E-state index contributed by atoms with van der Waals surface area (Å²) in [4.78, 5) is 26.6. The first-order valence-corrected chi connectivity index (χ1v) is 7.08. The zero-order valence-corrected chi connectivity index (χ0v) is 12.6. The van der Waals surface area contributed by atoms with E-state index in [0.717, 1.165) is 5.69 Å². The first-order valence-electron chi connectivity index (χ1n) is 7.08. The molecule has 0 aliphatic heterocycles. The second-order valence-electron chi connectivity index (χ2n) is 4.48. The summed E-state index contributed by atoms with van der Waals surface area (Å²) < 4.78 is 4.86. The highest BCUT2D eigenvalue weighted by Crippen LogP contribution is 2.06. The molecule has 2 aromatic rings. The standard InChI is InChI=1S/C15H18N4O3/c1-3-18(11-14(20)22-4-2)15(21)13-10-16-19(17-13)12-8-6-5-7-9-12/h5-10H,3-4,11H2,1-2H3. The third-order valence-corrected chi connectivity index (χ3v) is 2.99. The molecule has 0 aliphatic rings. The summed E-state index contributed by atoms with van der Waals surface area (Å²) in [7, 11) is 0. The van der Waals surface area contributed by atoms with Crippen molar-refractivity contribution in [3.05, 3.63) is 42.2 Å². The highest BCUT2D eigenvalue weighted by molar-refractivity contribution is 5.94. The third kappa shape index (κ3) is 3.69. The molecule has 7 nitrogen and oxygen atoms in total. The zero-order chi connectivity index (χ0) is 15.9. The van der Waals surface area contributed by atoms with Crippen LogP contribution < -0.4 is 0 Å². The van der Waals surface area contributed by atoms with Gasteiger partial charge in [0.25, 0.3) is 5.91 Å². The van der Waals surface area contributed by atoms with E-state index in [0.29, 0.717) is 6.54 Å². The SMILES string of the molecule is CCOC(=O)CN(CC)C(=O)c1cnn(-c2ccccc2)n1. The fourth-order valence-corrected chi connectivity index (χ4v) is 1.90. The second kappa shape index (κ2) is 7.35. The molecular weight excluding hydrogens is 284 g/mol. The smallest absolute Gasteiger partial charge is 0.325 e. The minimum atomic E-state index is -0.437. The van der Waals surface area contributed by atoms with Gasteiger partial charge in [0, 0.05) is 6.54 Å². The van der Waals surface area contributed by atoms with Crippen LogP contribution in [0.1, 0.15) is 24.3 Å². The van der Waals surface area contributed by atoms with Crippen molar-refractivity contribution in [2.45, 2.75) is 13.8 Å². The number of carbonyl (C=O) groups excluding carboxylic acids is 2. The summed E-state index contributed by atoms with van der Waals surface area (Å²) in [5, 5.41) is 8.25. The van der Waals surface area contributed by atoms with Gasteiger partial charge in [0.05, 0.1) is 18.5 Å². The number of esters is 1. The molecule has 0 aliphatic carbocycles. The average molecular weight is 302 g/mol. The number of para-hydroxylation sites is 1. The molecule has 116 valence electrons. The van der Waals surface area contributed by atoms with Crippen LogP contribution in [-0.4, -0.2) is 51.5 Å². The quantitative estimate of drug-likeness (QED) is 0.751. The molecule has 0 unspecified atom stereocenters. The first-order chi connectivity index (χ1) is 10.7. The van der Waals surface area contributed by atoms with Crippen LogP contribution in [0, 0.1) is 0 Å². The maximum absolute atomic E-state index is 12.4. The van der Waals surface area contributed by atoms with E-state index in [9.17, 15) is 9.59 Å². The molecular formula is C15H18N4O3. The monoisotopic (exact) mass is 302 g/mol. The number of likely N-dealkylation sites (N-methyl/N-ethyl adjacent to an activating group) is 1. The summed E-state index contributed by atoms with van der Waals surface area (Å²) in [5.41, 5.74) is 0.949. The number of rotatable bonds is 6. The van der Waals surface area contributed by atoms with Crippen LogP contribution in [0.3, 0.4) is 0 Å². The van der Waals surface area contributed by atoms with Gasteiger partial charge < -0.3 is 9.64 Å². The molecule has 1 amide bonds. The first kappa shape index (κ1) is 15.7. The molecule has 0 atom stereocenters. The van der Waals surface area contributed by atoms with Crippen molar-refractivity contribution in [3.63, 3.8) is 0 Å². The lowest BCUT2D eigenvalue weighted by atomic mass is 10.3. The summed E-state index contributed by atoms with van der Waals surface area (Å²) in [5.74, 6) is -0.786. The van der Waals surface area contributed by atoms with E-state index < -0.39 is 5.97 Å². The number of amides is 1. The highest BCUT2D eigenvalue weighted by Gasteiger charge is 2.21. The van der Waals surface area contributed by atoms with E-state index in [1.165, 1.54) is 15.9 Å². The van der Waals surface area contributed by atoms with E-state index in [4.69, 9.17) is 4.74 Å². The third-order valence-electron chi connectivity index (χ3n) is 2.99. The van der Waals surface area contributed by atoms with E-state index >= 15 is 0 Å². The number of hydrogen-bond donors (Lipinski definition) is 0. The van der Waals surface area contributed by atoms with Gasteiger partial charge in [0.1, 0.15) is 6.54 Å². The van der Waals surface area contributed by atoms with Crippen molar-refractivity contribution in [3.8, 4) is 5.69 Å². The Kier molecular flexibility index (Phi) is 5.24. The number of nitrogens with zero attached hydrogens (tertiary/aromatic N) is 4. The normalized spacial score (nSPS) is 10.3. The molecule has 0 N–H and O–H groups in total. The van der Waals surface area contributed by atoms with Crippen molar-refractivity contribution in [2.75, 3.05) is 19.7 Å². The van der Waals surface area contributed by atoms with Crippen LogP contribution in [0.5, 0.6) is 0 Å². The molecule has 0 saturated carbocycles. The van der Waals surface area contributed by atoms with Gasteiger partial charge in [0.15, 0.2) is 5.69 Å². The predicted octanol–water partition coefficient (Wildman–Crippen LogP) is 1.29. The molecule has 0 saturated heterocycles. The van der Waals surface area contributed by atoms with Crippen LogP contribution >= 0.6 is 0 Å². The molecule has 0 bridgehead atoms. The lowest BCUT2D eigenvalue weighted by molar-refractivity contribution is -0.143. The Morgan fingerprint density at radius 1 is 1.23 bits per heavy atom. The highest BCUT2D eigenvalue weighted by atomic mass is 16.5. The summed E-state index contributed by atoms with van der Waals surface area (Å²) in [6.07, 6.45) is 1.39. The Hall–Kier alpha value is -2.70. The number of carbonyl (C=O) groups is 2. The molecule has 2 rings (SSSR count). The summed E-state index contributed by atoms with van der Waals surface area (Å²) in [6.45, 7) is 4.09. The van der Waals surface area contributed by atoms with Gasteiger partial charge in [-0.1, -0.05) is 18.2 Å². The van der Waals surface area contributed by atoms with Crippen molar-refractivity contribution in [1.82, 2.24) is 19.9 Å². The number of ether oxygens (including phenoxy) is 1. The maximum Gasteiger partial charge on any atom is 0.325 e. The fraction of sp³-hybridized carbons (Fsp3) is 0.333. The maximum atomic E-state index is 12.4. The molecule has 0 radical (unpaired) electrons. The molecule has 0 spiro atoms. The Balaban J connectivity index is 2.12. The molecule has 7 heteroatoms. The van der Waals surface area contributed by atoms with Gasteiger partial charge in [-0.15, -0.1) is 5.10 Å². The zero-order valence-electron chi connectivity index (χ0n) is 12.6. The molecule has 1 aromatic heterocycles. The van der Waals surface area contributed by atoms with Crippen molar-refractivity contribution in [2.24, 2.45) is 0 Å². The minimum Gasteiger partial charge on any atom is -0.465 e. The number of aromatic nitrogens is 3. The lowest BCUT2D eigenvalue weighted by Crippen LogP contribution is -2.36. The predicted molar refractivity (Wildman–Crippen MR) is 79.6 cm³/mol. The Morgan fingerprint density at radius 2 is 1.95 bits per heavy atom. The Bertz CT molecular complexity index is 639. The largest absolute Gasteiger partial charge is 0.465 e. The number of benzene rings is 1. The van der Waals surface area contributed by atoms with Crippen molar-refractivity contribution in [1.29, 1.82) is 0 Å². The molecule has 1 aromatic carbocycles. The molecule has 1 heterocycles. The van der Waals surface area contributed by atoms with Gasteiger partial charge >= 0.3 is 5.97 Å². The Labute approximate surface area is 128 Å². The second-order valence-corrected chi connectivity index (χ2v) is 4.48. The number of hydrogen-bond acceptors (Lipinski definition) is 5. The van der Waals surface area contributed by atoms with E-state index in [1.54, 1.807) is 13.8 Å². The van der Waals surface area contributed by atoms with E-state index in [1.807, 2.05) is 30.3 Å². The van der Waals surface area contributed by atoms with Gasteiger partial charge in [-0.25, -0.2) is 0 Å². The summed E-state index contributed by atoms with van der Waals surface area (Å²) >= 11 is 0. The van der Waals surface area contributed by atoms with Crippen molar-refractivity contribution >= 4 is 11.9 Å². The van der Waals surface area contributed by atoms with Crippen LogP contribution in [0.25, 0.3) is 5.69 Å². The van der Waals surface area contributed by atoms with Gasteiger partial charge in [-0.05, 0) is 26.0 Å². The summed E-state index contributed by atoms with van der Waals surface area (Å²) in [6, 6.07) is 9.28. The van der Waals surface area contributed by atoms with E-state index in [2.05, 4.69) is 10.2 Å². The van der Waals surface area contributed by atoms with Crippen LogP contribution in [-0.2, 0) is 9.53 Å². The van der Waals surface area contributed by atoms with Crippen LogP contribution in [0.4, 0.5) is 0 Å².